The molecular weight excluding hydrogens is 258 g/mol. The van der Waals surface area contributed by atoms with Crippen molar-refractivity contribution in [1.29, 1.82) is 0 Å². The molecular formula is C19H25NO. The normalized spacial score (nSPS) is 13.1. The fraction of sp³-hybridized carbons (Fsp3) is 0.368. The maximum atomic E-state index is 9.55. The van der Waals surface area contributed by atoms with E-state index in [1.54, 1.807) is 0 Å². The number of aliphatic hydroxyl groups is 1. The van der Waals surface area contributed by atoms with Crippen molar-refractivity contribution in [2.75, 3.05) is 6.61 Å². The molecule has 2 aromatic rings. The molecule has 1 atom stereocenters. The van der Waals surface area contributed by atoms with E-state index in [-0.39, 0.29) is 18.1 Å². The molecule has 0 heterocycles. The van der Waals surface area contributed by atoms with Crippen LogP contribution in [0.25, 0.3) is 0 Å². The van der Waals surface area contributed by atoms with E-state index < -0.39 is 0 Å². The van der Waals surface area contributed by atoms with Crippen LogP contribution in [0.3, 0.4) is 0 Å². The van der Waals surface area contributed by atoms with Gasteiger partial charge in [0.1, 0.15) is 0 Å². The molecule has 0 fully saturated rings. The first-order chi connectivity index (χ1) is 10.0. The third-order valence-electron chi connectivity index (χ3n) is 3.76. The van der Waals surface area contributed by atoms with E-state index in [0.29, 0.717) is 0 Å². The van der Waals surface area contributed by atoms with Crippen molar-refractivity contribution in [2.24, 2.45) is 0 Å². The van der Waals surface area contributed by atoms with Gasteiger partial charge >= 0.3 is 0 Å². The van der Waals surface area contributed by atoms with Crippen LogP contribution in [0.5, 0.6) is 0 Å². The van der Waals surface area contributed by atoms with Crippen LogP contribution in [0.2, 0.25) is 0 Å². The molecule has 2 nitrogen and oxygen atoms in total. The van der Waals surface area contributed by atoms with E-state index >= 15 is 0 Å². The van der Waals surface area contributed by atoms with Gasteiger partial charge in [0.2, 0.25) is 0 Å². The van der Waals surface area contributed by atoms with Gasteiger partial charge in [-0.2, -0.15) is 0 Å². The van der Waals surface area contributed by atoms with Crippen molar-refractivity contribution in [1.82, 2.24) is 5.32 Å². The van der Waals surface area contributed by atoms with E-state index in [1.165, 1.54) is 11.1 Å². The molecule has 0 aromatic heterocycles. The average Bonchev–Trinajstić information content (AvgIpc) is 2.48. The number of aliphatic hydroxyl groups excluding tert-OH is 1. The van der Waals surface area contributed by atoms with E-state index in [1.807, 2.05) is 30.3 Å². The second-order valence-corrected chi connectivity index (χ2v) is 6.47. The molecule has 0 spiro atoms. The topological polar surface area (TPSA) is 32.3 Å². The summed E-state index contributed by atoms with van der Waals surface area (Å²) in [5.74, 6) is 0. The Bertz CT molecular complexity index is 540. The lowest BCUT2D eigenvalue weighted by Crippen LogP contribution is -2.24. The summed E-state index contributed by atoms with van der Waals surface area (Å²) in [6, 6.07) is 18.7. The maximum absolute atomic E-state index is 9.55. The highest BCUT2D eigenvalue weighted by Gasteiger charge is 2.13. The molecule has 112 valence electrons. The van der Waals surface area contributed by atoms with Gasteiger partial charge in [-0.25, -0.2) is 0 Å². The molecule has 2 N–H and O–H groups in total. The Hall–Kier alpha value is -1.64. The van der Waals surface area contributed by atoms with Crippen LogP contribution >= 0.6 is 0 Å². The predicted molar refractivity (Wildman–Crippen MR) is 88.3 cm³/mol. The lowest BCUT2D eigenvalue weighted by molar-refractivity contribution is 0.243. The second kappa shape index (κ2) is 6.88. The highest BCUT2D eigenvalue weighted by molar-refractivity contribution is 5.27. The van der Waals surface area contributed by atoms with Crippen LogP contribution in [0, 0.1) is 0 Å². The first kappa shape index (κ1) is 15.7. The molecule has 0 saturated heterocycles. The highest BCUT2D eigenvalue weighted by atomic mass is 16.3. The minimum Gasteiger partial charge on any atom is -0.394 e. The van der Waals surface area contributed by atoms with Crippen molar-refractivity contribution in [2.45, 2.75) is 38.8 Å². The largest absolute Gasteiger partial charge is 0.394 e. The number of hydrogen-bond donors (Lipinski definition) is 2. The number of hydrogen-bond acceptors (Lipinski definition) is 2. The molecule has 2 rings (SSSR count). The molecule has 0 unspecified atom stereocenters. The van der Waals surface area contributed by atoms with Gasteiger partial charge in [0.25, 0.3) is 0 Å². The van der Waals surface area contributed by atoms with Crippen molar-refractivity contribution in [3.05, 3.63) is 71.3 Å². The maximum Gasteiger partial charge on any atom is 0.0626 e. The Balaban J connectivity index is 1.99. The Morgan fingerprint density at radius 1 is 0.952 bits per heavy atom. The highest BCUT2D eigenvalue weighted by Crippen LogP contribution is 2.22. The zero-order chi connectivity index (χ0) is 15.3. The van der Waals surface area contributed by atoms with Crippen LogP contribution < -0.4 is 5.32 Å². The summed E-state index contributed by atoms with van der Waals surface area (Å²) in [6.45, 7) is 7.51. The summed E-state index contributed by atoms with van der Waals surface area (Å²) in [4.78, 5) is 0. The van der Waals surface area contributed by atoms with Crippen molar-refractivity contribution >= 4 is 0 Å². The summed E-state index contributed by atoms with van der Waals surface area (Å²) in [7, 11) is 0. The van der Waals surface area contributed by atoms with Crippen molar-refractivity contribution in [3.8, 4) is 0 Å². The third-order valence-corrected chi connectivity index (χ3v) is 3.76. The molecule has 2 aromatic carbocycles. The van der Waals surface area contributed by atoms with Gasteiger partial charge in [0.05, 0.1) is 12.6 Å². The van der Waals surface area contributed by atoms with Gasteiger partial charge in [-0.05, 0) is 22.1 Å². The van der Waals surface area contributed by atoms with Gasteiger partial charge in [-0.1, -0.05) is 75.4 Å². The Morgan fingerprint density at radius 2 is 1.57 bits per heavy atom. The van der Waals surface area contributed by atoms with Crippen molar-refractivity contribution in [3.63, 3.8) is 0 Å². The number of nitrogens with one attached hydrogen (secondary N) is 1. The first-order valence-corrected chi connectivity index (χ1v) is 7.49. The van der Waals surface area contributed by atoms with Gasteiger partial charge < -0.3 is 10.4 Å². The molecule has 0 aliphatic rings. The quantitative estimate of drug-likeness (QED) is 0.874. The third kappa shape index (κ3) is 4.42. The average molecular weight is 283 g/mol. The summed E-state index contributed by atoms with van der Waals surface area (Å²) in [6.07, 6.45) is 0. The second-order valence-electron chi connectivity index (χ2n) is 6.47. The smallest absolute Gasteiger partial charge is 0.0626 e. The Labute approximate surface area is 127 Å². The van der Waals surface area contributed by atoms with E-state index in [4.69, 9.17) is 0 Å². The minimum absolute atomic E-state index is 0.0199. The molecule has 0 aliphatic heterocycles. The molecule has 2 heteroatoms. The summed E-state index contributed by atoms with van der Waals surface area (Å²) in [5, 5.41) is 13.0. The molecule has 0 amide bonds. The van der Waals surface area contributed by atoms with Crippen molar-refractivity contribution < 1.29 is 5.11 Å². The van der Waals surface area contributed by atoms with Gasteiger partial charge in [0.15, 0.2) is 0 Å². The zero-order valence-corrected chi connectivity index (χ0v) is 13.1. The molecule has 0 radical (unpaired) electrons. The molecule has 0 bridgehead atoms. The van der Waals surface area contributed by atoms with E-state index in [9.17, 15) is 5.11 Å². The predicted octanol–water partition coefficient (Wildman–Crippen LogP) is 3.81. The standard InChI is InChI=1S/C19H25NO/c1-19(2,3)17-11-9-15(10-12-17)13-20-18(14-21)16-7-5-4-6-8-16/h4-12,18,20-21H,13-14H2,1-3H3/t18-/m0/s1. The fourth-order valence-corrected chi connectivity index (χ4v) is 2.34. The summed E-state index contributed by atoms with van der Waals surface area (Å²) >= 11 is 0. The monoisotopic (exact) mass is 283 g/mol. The zero-order valence-electron chi connectivity index (χ0n) is 13.1. The van der Waals surface area contributed by atoms with Crippen LogP contribution in [0.4, 0.5) is 0 Å². The summed E-state index contributed by atoms with van der Waals surface area (Å²) in [5.41, 5.74) is 3.88. The van der Waals surface area contributed by atoms with Crippen LogP contribution in [-0.2, 0) is 12.0 Å². The summed E-state index contributed by atoms with van der Waals surface area (Å²) < 4.78 is 0. The van der Waals surface area contributed by atoms with E-state index in [0.717, 1.165) is 12.1 Å². The Morgan fingerprint density at radius 3 is 2.10 bits per heavy atom. The molecule has 0 aliphatic carbocycles. The SMILES string of the molecule is CC(C)(C)c1ccc(CN[C@@H](CO)c2ccccc2)cc1. The lowest BCUT2D eigenvalue weighted by atomic mass is 9.87. The molecule has 0 saturated carbocycles. The fourth-order valence-electron chi connectivity index (χ4n) is 2.34. The molecule has 21 heavy (non-hydrogen) atoms. The van der Waals surface area contributed by atoms with Crippen LogP contribution in [0.15, 0.2) is 54.6 Å². The van der Waals surface area contributed by atoms with E-state index in [2.05, 4.69) is 50.4 Å². The minimum atomic E-state index is -0.0199. The van der Waals surface area contributed by atoms with Gasteiger partial charge in [0, 0.05) is 6.54 Å². The van der Waals surface area contributed by atoms with Crippen LogP contribution in [-0.4, -0.2) is 11.7 Å². The van der Waals surface area contributed by atoms with Crippen LogP contribution in [0.1, 0.15) is 43.5 Å². The lowest BCUT2D eigenvalue weighted by Gasteiger charge is -2.20. The van der Waals surface area contributed by atoms with Gasteiger partial charge in [-0.15, -0.1) is 0 Å². The Kier molecular flexibility index (Phi) is 5.16. The first-order valence-electron chi connectivity index (χ1n) is 7.49. The number of rotatable bonds is 5. The number of benzene rings is 2. The van der Waals surface area contributed by atoms with Gasteiger partial charge in [-0.3, -0.25) is 0 Å².